The molecule has 29 heavy (non-hydrogen) atoms. The van der Waals surface area contributed by atoms with Gasteiger partial charge in [0.05, 0.1) is 28.3 Å². The number of hydrogen-bond acceptors (Lipinski definition) is 4. The summed E-state index contributed by atoms with van der Waals surface area (Å²) in [7, 11) is 0. The lowest BCUT2D eigenvalue weighted by Gasteiger charge is -2.30. The minimum atomic E-state index is -0.148. The molecule has 0 bridgehead atoms. The summed E-state index contributed by atoms with van der Waals surface area (Å²) >= 11 is 12.1. The largest absolute Gasteiger partial charge is 0.396 e. The van der Waals surface area contributed by atoms with Crippen LogP contribution in [0.5, 0.6) is 0 Å². The van der Waals surface area contributed by atoms with Crippen molar-refractivity contribution in [3.63, 3.8) is 0 Å². The molecule has 2 aromatic rings. The number of halogens is 2. The molecular weight excluding hydrogens is 411 g/mol. The molecule has 2 atom stereocenters. The molecule has 156 valence electrons. The second-order valence-electron chi connectivity index (χ2n) is 7.51. The maximum absolute atomic E-state index is 12.9. The number of rotatable bonds is 6. The molecule has 0 aliphatic carbocycles. The molecular formula is C21H26Cl2N4O2. The number of carbonyl (C=O) groups excluding carboxylic acids is 1. The smallest absolute Gasteiger partial charge is 0.318 e. The Morgan fingerprint density at radius 2 is 2.14 bits per heavy atom. The highest BCUT2D eigenvalue weighted by Crippen LogP contribution is 2.27. The summed E-state index contributed by atoms with van der Waals surface area (Å²) in [6, 6.07) is 5.15. The average molecular weight is 437 g/mol. The van der Waals surface area contributed by atoms with Gasteiger partial charge in [-0.3, -0.25) is 0 Å². The van der Waals surface area contributed by atoms with Gasteiger partial charge in [-0.25, -0.2) is 14.8 Å². The Morgan fingerprint density at radius 3 is 2.83 bits per heavy atom. The lowest BCUT2D eigenvalue weighted by atomic mass is 10.0. The molecule has 0 fully saturated rings. The van der Waals surface area contributed by atoms with Crippen LogP contribution in [0.3, 0.4) is 0 Å². The minimum absolute atomic E-state index is 0.0993. The molecule has 1 aliphatic heterocycles. The molecule has 8 heteroatoms. The molecule has 2 N–H and O–H groups in total. The van der Waals surface area contributed by atoms with Gasteiger partial charge >= 0.3 is 6.03 Å². The Hall–Kier alpha value is -1.89. The topological polar surface area (TPSA) is 78.4 Å². The van der Waals surface area contributed by atoms with Crippen LogP contribution in [0.2, 0.25) is 10.0 Å². The van der Waals surface area contributed by atoms with E-state index in [-0.39, 0.29) is 24.6 Å². The van der Waals surface area contributed by atoms with E-state index < -0.39 is 0 Å². The molecule has 2 amide bonds. The SMILES string of the molecule is CC[C@@H](NC(=O)N1CCc2cnc(C[C@@H](C)CO)nc2C1)c1ccc(Cl)c(Cl)c1. The lowest BCUT2D eigenvalue weighted by Crippen LogP contribution is -2.44. The second kappa shape index (κ2) is 9.74. The number of aliphatic hydroxyl groups excluding tert-OH is 1. The normalized spacial score (nSPS) is 15.6. The number of fused-ring (bicyclic) bond motifs is 1. The fraction of sp³-hybridized carbons (Fsp3) is 0.476. The van der Waals surface area contributed by atoms with Crippen LogP contribution in [0.15, 0.2) is 24.4 Å². The van der Waals surface area contributed by atoms with E-state index in [1.807, 2.05) is 26.1 Å². The molecule has 1 aliphatic rings. The molecule has 3 rings (SSSR count). The zero-order chi connectivity index (χ0) is 21.0. The van der Waals surface area contributed by atoms with Gasteiger partial charge in [0.25, 0.3) is 0 Å². The molecule has 2 heterocycles. The van der Waals surface area contributed by atoms with E-state index in [0.29, 0.717) is 35.4 Å². The van der Waals surface area contributed by atoms with Gasteiger partial charge < -0.3 is 15.3 Å². The standard InChI is InChI=1S/C21H26Cl2N4O2/c1-3-18(14-4-5-16(22)17(23)9-14)26-21(29)27-7-6-15-10-24-20(8-13(2)12-28)25-19(15)11-27/h4-5,9-10,13,18,28H,3,6-8,11-12H2,1-2H3,(H,26,29)/t13-,18-/m1/s1. The van der Waals surface area contributed by atoms with Crippen LogP contribution in [-0.4, -0.2) is 39.2 Å². The van der Waals surface area contributed by atoms with E-state index >= 15 is 0 Å². The number of urea groups is 1. The summed E-state index contributed by atoms with van der Waals surface area (Å²) in [5.74, 6) is 0.808. The van der Waals surface area contributed by atoms with Crippen LogP contribution in [0, 0.1) is 5.92 Å². The van der Waals surface area contributed by atoms with Crippen LogP contribution < -0.4 is 5.32 Å². The Bertz CT molecular complexity index is 878. The highest BCUT2D eigenvalue weighted by atomic mass is 35.5. The van der Waals surface area contributed by atoms with Crippen molar-refractivity contribution in [2.45, 2.75) is 45.7 Å². The minimum Gasteiger partial charge on any atom is -0.396 e. The molecule has 0 unspecified atom stereocenters. The Labute approximate surface area is 181 Å². The highest BCUT2D eigenvalue weighted by Gasteiger charge is 2.24. The predicted octanol–water partition coefficient (Wildman–Crippen LogP) is 4.17. The molecule has 0 spiro atoms. The van der Waals surface area contributed by atoms with Crippen molar-refractivity contribution >= 4 is 29.2 Å². The molecule has 0 radical (unpaired) electrons. The first-order chi connectivity index (χ1) is 13.9. The lowest BCUT2D eigenvalue weighted by molar-refractivity contribution is 0.186. The van der Waals surface area contributed by atoms with E-state index in [4.69, 9.17) is 23.2 Å². The molecule has 0 saturated heterocycles. The van der Waals surface area contributed by atoms with Gasteiger partial charge in [-0.05, 0) is 42.0 Å². The van der Waals surface area contributed by atoms with E-state index in [9.17, 15) is 9.90 Å². The van der Waals surface area contributed by atoms with Crippen molar-refractivity contribution in [1.29, 1.82) is 0 Å². The Morgan fingerprint density at radius 1 is 1.34 bits per heavy atom. The quantitative estimate of drug-likeness (QED) is 0.711. The fourth-order valence-corrected chi connectivity index (χ4v) is 3.69. The average Bonchev–Trinajstić information content (AvgIpc) is 2.73. The van der Waals surface area contributed by atoms with E-state index in [1.165, 1.54) is 0 Å². The Balaban J connectivity index is 1.69. The predicted molar refractivity (Wildman–Crippen MR) is 114 cm³/mol. The first-order valence-corrected chi connectivity index (χ1v) is 10.6. The van der Waals surface area contributed by atoms with Crippen LogP contribution >= 0.6 is 23.2 Å². The summed E-state index contributed by atoms with van der Waals surface area (Å²) in [6.45, 7) is 5.13. The third-order valence-corrected chi connectivity index (χ3v) is 5.92. The third kappa shape index (κ3) is 5.38. The maximum atomic E-state index is 12.9. The van der Waals surface area contributed by atoms with Gasteiger partial charge in [0.2, 0.25) is 0 Å². The van der Waals surface area contributed by atoms with Gasteiger partial charge in [0, 0.05) is 25.8 Å². The summed E-state index contributed by atoms with van der Waals surface area (Å²) in [5.41, 5.74) is 2.88. The van der Waals surface area contributed by atoms with E-state index in [0.717, 1.165) is 29.7 Å². The van der Waals surface area contributed by atoms with Crippen LogP contribution in [0.4, 0.5) is 4.79 Å². The van der Waals surface area contributed by atoms with Gasteiger partial charge in [0.1, 0.15) is 5.82 Å². The number of aliphatic hydroxyl groups is 1. The van der Waals surface area contributed by atoms with Crippen molar-refractivity contribution in [1.82, 2.24) is 20.2 Å². The van der Waals surface area contributed by atoms with Crippen molar-refractivity contribution < 1.29 is 9.90 Å². The third-order valence-electron chi connectivity index (χ3n) is 5.18. The summed E-state index contributed by atoms with van der Waals surface area (Å²) in [4.78, 5) is 23.7. The van der Waals surface area contributed by atoms with Crippen molar-refractivity contribution in [3.05, 3.63) is 57.1 Å². The van der Waals surface area contributed by atoms with Crippen molar-refractivity contribution in [2.75, 3.05) is 13.2 Å². The number of nitrogens with zero attached hydrogens (tertiary/aromatic N) is 3. The van der Waals surface area contributed by atoms with Crippen LogP contribution in [0.25, 0.3) is 0 Å². The molecule has 6 nitrogen and oxygen atoms in total. The molecule has 1 aromatic heterocycles. The van der Waals surface area contributed by atoms with Gasteiger partial charge in [-0.15, -0.1) is 0 Å². The van der Waals surface area contributed by atoms with Crippen molar-refractivity contribution in [2.24, 2.45) is 5.92 Å². The second-order valence-corrected chi connectivity index (χ2v) is 8.32. The summed E-state index contributed by atoms with van der Waals surface area (Å²) in [5, 5.41) is 13.3. The zero-order valence-electron chi connectivity index (χ0n) is 16.7. The van der Waals surface area contributed by atoms with E-state index in [1.54, 1.807) is 17.0 Å². The number of carbonyl (C=O) groups is 1. The molecule has 0 saturated carbocycles. The van der Waals surface area contributed by atoms with Crippen LogP contribution in [-0.2, 0) is 19.4 Å². The Kier molecular flexibility index (Phi) is 7.33. The number of aromatic nitrogens is 2. The van der Waals surface area contributed by atoms with Gasteiger partial charge in [-0.2, -0.15) is 0 Å². The number of amides is 2. The van der Waals surface area contributed by atoms with E-state index in [2.05, 4.69) is 15.3 Å². The molecule has 1 aromatic carbocycles. The summed E-state index contributed by atoms with van der Waals surface area (Å²) < 4.78 is 0. The number of nitrogens with one attached hydrogen (secondary N) is 1. The number of hydrogen-bond donors (Lipinski definition) is 2. The first kappa shape index (κ1) is 21.8. The highest BCUT2D eigenvalue weighted by molar-refractivity contribution is 6.42. The number of benzene rings is 1. The monoisotopic (exact) mass is 436 g/mol. The zero-order valence-corrected chi connectivity index (χ0v) is 18.2. The fourth-order valence-electron chi connectivity index (χ4n) is 3.38. The first-order valence-electron chi connectivity index (χ1n) is 9.86. The van der Waals surface area contributed by atoms with Crippen molar-refractivity contribution in [3.8, 4) is 0 Å². The van der Waals surface area contributed by atoms with Crippen LogP contribution in [0.1, 0.15) is 49.0 Å². The summed E-state index contributed by atoms with van der Waals surface area (Å²) in [6.07, 6.45) is 3.93. The van der Waals surface area contributed by atoms with Gasteiger partial charge in [0.15, 0.2) is 0 Å². The maximum Gasteiger partial charge on any atom is 0.318 e. The van der Waals surface area contributed by atoms with Gasteiger partial charge in [-0.1, -0.05) is 43.1 Å².